The van der Waals surface area contributed by atoms with E-state index in [9.17, 15) is 0 Å². The van der Waals surface area contributed by atoms with Crippen LogP contribution in [0.3, 0.4) is 0 Å². The Labute approximate surface area is 128 Å². The molecular formula is C15H16N2OS2. The number of nitrogens with one attached hydrogen (secondary N) is 2. The molecule has 0 amide bonds. The lowest BCUT2D eigenvalue weighted by atomic mass is 10.3. The molecule has 0 aliphatic carbocycles. The second kappa shape index (κ2) is 7.17. The van der Waals surface area contributed by atoms with Crippen LogP contribution in [0.5, 0.6) is 5.75 Å². The first-order valence-electron chi connectivity index (χ1n) is 6.07. The van der Waals surface area contributed by atoms with Gasteiger partial charge in [0.2, 0.25) is 0 Å². The Morgan fingerprint density at radius 1 is 0.950 bits per heavy atom. The van der Waals surface area contributed by atoms with E-state index < -0.39 is 0 Å². The average molecular weight is 304 g/mol. The van der Waals surface area contributed by atoms with Crippen molar-refractivity contribution in [3.63, 3.8) is 0 Å². The van der Waals surface area contributed by atoms with E-state index in [-0.39, 0.29) is 0 Å². The Bertz CT molecular complexity index is 516. The van der Waals surface area contributed by atoms with Crippen molar-refractivity contribution in [2.24, 2.45) is 0 Å². The zero-order chi connectivity index (χ0) is 14.4. The molecule has 0 radical (unpaired) electrons. The van der Waals surface area contributed by atoms with Crippen LogP contribution in [0.1, 0.15) is 0 Å². The molecule has 0 aliphatic rings. The monoisotopic (exact) mass is 304 g/mol. The summed E-state index contributed by atoms with van der Waals surface area (Å²) < 4.78 is 5.11. The molecule has 0 unspecified atom stereocenters. The highest BCUT2D eigenvalue weighted by Gasteiger charge is 2.00. The highest BCUT2D eigenvalue weighted by atomic mass is 32.2. The Kier molecular flexibility index (Phi) is 5.26. The van der Waals surface area contributed by atoms with E-state index in [1.807, 2.05) is 36.4 Å². The fourth-order valence-corrected chi connectivity index (χ4v) is 2.29. The molecule has 20 heavy (non-hydrogen) atoms. The minimum Gasteiger partial charge on any atom is -0.497 e. The predicted octanol–water partition coefficient (Wildman–Crippen LogP) is 4.23. The Balaban J connectivity index is 1.93. The van der Waals surface area contributed by atoms with Crippen molar-refractivity contribution in [1.82, 2.24) is 0 Å². The lowest BCUT2D eigenvalue weighted by Gasteiger charge is -2.11. The molecule has 2 aromatic carbocycles. The smallest absolute Gasteiger partial charge is 0.175 e. The van der Waals surface area contributed by atoms with Crippen LogP contribution in [0.4, 0.5) is 11.4 Å². The lowest BCUT2D eigenvalue weighted by Crippen LogP contribution is -2.18. The summed E-state index contributed by atoms with van der Waals surface area (Å²) in [5, 5.41) is 6.84. The molecule has 2 aromatic rings. The van der Waals surface area contributed by atoms with Gasteiger partial charge in [0.05, 0.1) is 7.11 Å². The van der Waals surface area contributed by atoms with Gasteiger partial charge in [0.25, 0.3) is 0 Å². The van der Waals surface area contributed by atoms with Gasteiger partial charge in [-0.2, -0.15) is 0 Å². The molecule has 3 nitrogen and oxygen atoms in total. The topological polar surface area (TPSA) is 33.3 Å². The molecule has 0 saturated heterocycles. The molecule has 0 aliphatic heterocycles. The van der Waals surface area contributed by atoms with E-state index in [1.54, 1.807) is 18.9 Å². The molecule has 0 fully saturated rings. The van der Waals surface area contributed by atoms with E-state index >= 15 is 0 Å². The van der Waals surface area contributed by atoms with Crippen molar-refractivity contribution in [2.75, 3.05) is 24.0 Å². The van der Waals surface area contributed by atoms with Gasteiger partial charge < -0.3 is 15.4 Å². The normalized spacial score (nSPS) is 9.90. The maximum atomic E-state index is 5.28. The number of anilines is 2. The number of methoxy groups -OCH3 is 1. The largest absolute Gasteiger partial charge is 0.497 e. The van der Waals surface area contributed by atoms with Crippen LogP contribution in [0, 0.1) is 0 Å². The minimum atomic E-state index is 0.562. The van der Waals surface area contributed by atoms with Crippen LogP contribution in [0.15, 0.2) is 53.4 Å². The first-order valence-corrected chi connectivity index (χ1v) is 7.70. The molecule has 0 saturated carbocycles. The molecule has 104 valence electrons. The quantitative estimate of drug-likeness (QED) is 0.652. The van der Waals surface area contributed by atoms with Gasteiger partial charge in [-0.05, 0) is 67.0 Å². The Morgan fingerprint density at radius 2 is 1.45 bits per heavy atom. The predicted molar refractivity (Wildman–Crippen MR) is 91.1 cm³/mol. The zero-order valence-electron chi connectivity index (χ0n) is 11.3. The molecule has 0 heterocycles. The van der Waals surface area contributed by atoms with Gasteiger partial charge in [-0.3, -0.25) is 0 Å². The summed E-state index contributed by atoms with van der Waals surface area (Å²) >= 11 is 7.00. The second-order valence-electron chi connectivity index (χ2n) is 4.04. The van der Waals surface area contributed by atoms with Crippen LogP contribution in [0.2, 0.25) is 0 Å². The molecule has 0 atom stereocenters. The Morgan fingerprint density at radius 3 is 1.90 bits per heavy atom. The zero-order valence-corrected chi connectivity index (χ0v) is 13.0. The van der Waals surface area contributed by atoms with E-state index in [1.165, 1.54) is 4.90 Å². The van der Waals surface area contributed by atoms with E-state index in [4.69, 9.17) is 17.0 Å². The van der Waals surface area contributed by atoms with Gasteiger partial charge in [-0.1, -0.05) is 0 Å². The summed E-state index contributed by atoms with van der Waals surface area (Å²) in [5.74, 6) is 0.821. The second-order valence-corrected chi connectivity index (χ2v) is 5.32. The fraction of sp³-hybridized carbons (Fsp3) is 0.133. The highest BCUT2D eigenvalue weighted by Crippen LogP contribution is 2.18. The molecule has 0 aromatic heterocycles. The summed E-state index contributed by atoms with van der Waals surface area (Å²) in [7, 11) is 1.65. The third-order valence-electron chi connectivity index (χ3n) is 2.70. The number of hydrogen-bond acceptors (Lipinski definition) is 3. The SMILES string of the molecule is COc1ccc(NC(=S)Nc2ccc(SC)cc2)cc1. The maximum absolute atomic E-state index is 5.28. The number of thioether (sulfide) groups is 1. The summed E-state index contributed by atoms with van der Waals surface area (Å²) in [6, 6.07) is 15.7. The number of rotatable bonds is 4. The van der Waals surface area contributed by atoms with Gasteiger partial charge >= 0.3 is 0 Å². The third-order valence-corrected chi connectivity index (χ3v) is 3.64. The van der Waals surface area contributed by atoms with Crippen molar-refractivity contribution < 1.29 is 4.74 Å². The first kappa shape index (κ1) is 14.7. The number of ether oxygens (including phenoxy) is 1. The van der Waals surface area contributed by atoms with Gasteiger partial charge in [0.1, 0.15) is 5.75 Å². The summed E-state index contributed by atoms with van der Waals surface area (Å²) in [6.07, 6.45) is 2.05. The van der Waals surface area contributed by atoms with E-state index in [2.05, 4.69) is 29.0 Å². The van der Waals surface area contributed by atoms with Crippen molar-refractivity contribution in [3.8, 4) is 5.75 Å². The van der Waals surface area contributed by atoms with Gasteiger partial charge in [0, 0.05) is 16.3 Å². The third kappa shape index (κ3) is 4.15. The first-order chi connectivity index (χ1) is 9.71. The molecule has 0 spiro atoms. The van der Waals surface area contributed by atoms with Crippen LogP contribution < -0.4 is 15.4 Å². The number of hydrogen-bond donors (Lipinski definition) is 2. The average Bonchev–Trinajstić information content (AvgIpc) is 2.49. The van der Waals surface area contributed by atoms with Crippen molar-refractivity contribution in [2.45, 2.75) is 4.90 Å². The van der Waals surface area contributed by atoms with E-state index in [0.717, 1.165) is 17.1 Å². The van der Waals surface area contributed by atoms with Crippen molar-refractivity contribution in [1.29, 1.82) is 0 Å². The maximum Gasteiger partial charge on any atom is 0.175 e. The highest BCUT2D eigenvalue weighted by molar-refractivity contribution is 7.98. The molecule has 5 heteroatoms. The molecule has 0 bridgehead atoms. The standard InChI is InChI=1S/C15H16N2OS2/c1-18-13-7-3-11(4-8-13)16-15(19)17-12-5-9-14(20-2)10-6-12/h3-10H,1-2H3,(H2,16,17,19). The van der Waals surface area contributed by atoms with E-state index in [0.29, 0.717) is 5.11 Å². The number of thiocarbonyl (C=S) groups is 1. The lowest BCUT2D eigenvalue weighted by molar-refractivity contribution is 0.415. The summed E-state index contributed by atoms with van der Waals surface area (Å²) in [4.78, 5) is 1.23. The summed E-state index contributed by atoms with van der Waals surface area (Å²) in [5.41, 5.74) is 1.89. The Hall–Kier alpha value is -1.72. The van der Waals surface area contributed by atoms with Crippen LogP contribution in [-0.2, 0) is 0 Å². The van der Waals surface area contributed by atoms with Gasteiger partial charge in [0.15, 0.2) is 5.11 Å². The van der Waals surface area contributed by atoms with Crippen molar-refractivity contribution >= 4 is 40.5 Å². The molecule has 2 N–H and O–H groups in total. The fourth-order valence-electron chi connectivity index (χ4n) is 1.64. The van der Waals surface area contributed by atoms with Gasteiger partial charge in [-0.15, -0.1) is 11.8 Å². The minimum absolute atomic E-state index is 0.562. The molecular weight excluding hydrogens is 288 g/mol. The van der Waals surface area contributed by atoms with Crippen molar-refractivity contribution in [3.05, 3.63) is 48.5 Å². The molecule has 2 rings (SSSR count). The van der Waals surface area contributed by atoms with Crippen LogP contribution in [0.25, 0.3) is 0 Å². The van der Waals surface area contributed by atoms with Crippen LogP contribution >= 0.6 is 24.0 Å². The van der Waals surface area contributed by atoms with Crippen LogP contribution in [-0.4, -0.2) is 18.5 Å². The summed E-state index contributed by atoms with van der Waals surface area (Å²) in [6.45, 7) is 0. The van der Waals surface area contributed by atoms with Gasteiger partial charge in [-0.25, -0.2) is 0 Å². The number of benzene rings is 2.